The molecule has 1 fully saturated rings. The first kappa shape index (κ1) is 25.4. The number of carbonyl (C=O) groups is 2. The number of rotatable bonds is 11. The van der Waals surface area contributed by atoms with Crippen molar-refractivity contribution in [2.75, 3.05) is 26.4 Å². The lowest BCUT2D eigenvalue weighted by atomic mass is 9.81. The van der Waals surface area contributed by atoms with Gasteiger partial charge in [-0.25, -0.2) is 4.79 Å². The smallest absolute Gasteiger partial charge is 0.332 e. The summed E-state index contributed by atoms with van der Waals surface area (Å²) in [6.07, 6.45) is 10.3. The summed E-state index contributed by atoms with van der Waals surface area (Å²) >= 11 is 0. The first-order chi connectivity index (χ1) is 12.9. The van der Waals surface area contributed by atoms with Crippen LogP contribution < -0.4 is 0 Å². The molecule has 156 valence electrons. The highest BCUT2D eigenvalue weighted by atomic mass is 16.6. The van der Waals surface area contributed by atoms with Crippen molar-refractivity contribution in [2.45, 2.75) is 59.3 Å². The van der Waals surface area contributed by atoms with Crippen LogP contribution in [0.15, 0.2) is 25.3 Å². The summed E-state index contributed by atoms with van der Waals surface area (Å²) in [4.78, 5) is 22.4. The lowest BCUT2D eigenvalue weighted by molar-refractivity contribution is -0.149. The summed E-state index contributed by atoms with van der Waals surface area (Å²) in [5.74, 6) is 0.820. The third-order valence-electron chi connectivity index (χ3n) is 4.49. The Morgan fingerprint density at radius 3 is 2.15 bits per heavy atom. The van der Waals surface area contributed by atoms with Gasteiger partial charge >= 0.3 is 11.9 Å². The normalized spacial score (nSPS) is 15.3. The number of hydrogen-bond donors (Lipinski definition) is 0. The predicted octanol–water partition coefficient (Wildman–Crippen LogP) is 4.71. The van der Waals surface area contributed by atoms with E-state index in [-0.39, 0.29) is 31.1 Å². The summed E-state index contributed by atoms with van der Waals surface area (Å²) in [5.41, 5.74) is 0. The number of carbonyl (C=O) groups excluding carboxylic acids is 2. The molecule has 0 aromatic rings. The van der Waals surface area contributed by atoms with E-state index in [9.17, 15) is 9.59 Å². The van der Waals surface area contributed by atoms with Crippen LogP contribution in [0.1, 0.15) is 59.3 Å². The Balaban J connectivity index is 0.000000503. The van der Waals surface area contributed by atoms with Gasteiger partial charge in [-0.1, -0.05) is 65.3 Å². The van der Waals surface area contributed by atoms with Crippen molar-refractivity contribution >= 4 is 11.9 Å². The lowest BCUT2D eigenvalue weighted by Crippen LogP contribution is -2.25. The lowest BCUT2D eigenvalue weighted by Gasteiger charge is -2.25. The zero-order valence-electron chi connectivity index (χ0n) is 17.4. The molecule has 0 aromatic heterocycles. The quantitative estimate of drug-likeness (QED) is 0.294. The van der Waals surface area contributed by atoms with E-state index in [1.807, 2.05) is 6.92 Å². The predicted molar refractivity (Wildman–Crippen MR) is 108 cm³/mol. The molecule has 1 unspecified atom stereocenters. The summed E-state index contributed by atoms with van der Waals surface area (Å²) < 4.78 is 14.9. The summed E-state index contributed by atoms with van der Waals surface area (Å²) in [6.45, 7) is 14.4. The zero-order chi connectivity index (χ0) is 20.5. The van der Waals surface area contributed by atoms with Crippen LogP contribution in [0.2, 0.25) is 0 Å². The Kier molecular flexibility index (Phi) is 15.6. The fourth-order valence-corrected chi connectivity index (χ4v) is 2.77. The monoisotopic (exact) mass is 382 g/mol. The maximum atomic E-state index is 11.5. The molecular formula is C22H38O5. The fourth-order valence-electron chi connectivity index (χ4n) is 2.77. The number of esters is 2. The SMILES string of the molecule is C=CCOC(=O)C(C)C1CCCCC1.C=CCOC(=O)COCCC(C)C. The highest BCUT2D eigenvalue weighted by molar-refractivity contribution is 5.72. The van der Waals surface area contributed by atoms with Gasteiger partial charge in [0.25, 0.3) is 0 Å². The minimum Gasteiger partial charge on any atom is -0.461 e. The Morgan fingerprint density at radius 2 is 1.59 bits per heavy atom. The Bertz CT molecular complexity index is 424. The van der Waals surface area contributed by atoms with Crippen molar-refractivity contribution in [1.82, 2.24) is 0 Å². The Hall–Kier alpha value is -1.62. The van der Waals surface area contributed by atoms with Crippen molar-refractivity contribution in [1.29, 1.82) is 0 Å². The van der Waals surface area contributed by atoms with E-state index >= 15 is 0 Å². The molecule has 27 heavy (non-hydrogen) atoms. The third-order valence-corrected chi connectivity index (χ3v) is 4.49. The van der Waals surface area contributed by atoms with Crippen LogP contribution in [0.25, 0.3) is 0 Å². The molecule has 0 radical (unpaired) electrons. The molecule has 0 bridgehead atoms. The van der Waals surface area contributed by atoms with Crippen LogP contribution in [0.5, 0.6) is 0 Å². The van der Waals surface area contributed by atoms with E-state index in [0.29, 0.717) is 25.0 Å². The molecule has 1 atom stereocenters. The molecule has 0 saturated heterocycles. The van der Waals surface area contributed by atoms with Crippen LogP contribution in [0, 0.1) is 17.8 Å². The molecule has 5 nitrogen and oxygen atoms in total. The highest BCUT2D eigenvalue weighted by Gasteiger charge is 2.26. The van der Waals surface area contributed by atoms with Crippen LogP contribution in [0.3, 0.4) is 0 Å². The van der Waals surface area contributed by atoms with Gasteiger partial charge in [0.2, 0.25) is 0 Å². The van der Waals surface area contributed by atoms with Gasteiger partial charge in [0.15, 0.2) is 0 Å². The molecule has 0 aromatic carbocycles. The minimum absolute atomic E-state index is 0.0422. The van der Waals surface area contributed by atoms with Crippen LogP contribution in [-0.4, -0.2) is 38.4 Å². The van der Waals surface area contributed by atoms with E-state index < -0.39 is 0 Å². The second-order valence-corrected chi connectivity index (χ2v) is 7.31. The first-order valence-corrected chi connectivity index (χ1v) is 10.0. The number of hydrogen-bond acceptors (Lipinski definition) is 5. The average Bonchev–Trinajstić information content (AvgIpc) is 2.68. The van der Waals surface area contributed by atoms with Crippen LogP contribution in [-0.2, 0) is 23.8 Å². The minimum atomic E-state index is -0.330. The summed E-state index contributed by atoms with van der Waals surface area (Å²) in [7, 11) is 0. The highest BCUT2D eigenvalue weighted by Crippen LogP contribution is 2.30. The van der Waals surface area contributed by atoms with Crippen molar-refractivity contribution in [3.05, 3.63) is 25.3 Å². The van der Waals surface area contributed by atoms with Gasteiger partial charge in [0, 0.05) is 6.61 Å². The van der Waals surface area contributed by atoms with E-state index in [1.165, 1.54) is 38.2 Å². The molecule has 1 aliphatic rings. The van der Waals surface area contributed by atoms with Crippen molar-refractivity contribution in [3.8, 4) is 0 Å². The maximum absolute atomic E-state index is 11.5. The van der Waals surface area contributed by atoms with Gasteiger partial charge in [-0.15, -0.1) is 0 Å². The van der Waals surface area contributed by atoms with Gasteiger partial charge in [0.1, 0.15) is 19.8 Å². The van der Waals surface area contributed by atoms with Gasteiger partial charge in [0.05, 0.1) is 5.92 Å². The topological polar surface area (TPSA) is 61.8 Å². The molecule has 0 amide bonds. The van der Waals surface area contributed by atoms with E-state index in [4.69, 9.17) is 14.2 Å². The van der Waals surface area contributed by atoms with Crippen molar-refractivity contribution in [2.24, 2.45) is 17.8 Å². The van der Waals surface area contributed by atoms with Gasteiger partial charge in [-0.2, -0.15) is 0 Å². The van der Waals surface area contributed by atoms with Gasteiger partial charge < -0.3 is 14.2 Å². The second-order valence-electron chi connectivity index (χ2n) is 7.31. The van der Waals surface area contributed by atoms with E-state index in [0.717, 1.165) is 6.42 Å². The molecule has 0 aliphatic heterocycles. The Labute approximate surface area is 165 Å². The summed E-state index contributed by atoms with van der Waals surface area (Å²) in [6, 6.07) is 0. The maximum Gasteiger partial charge on any atom is 0.332 e. The molecule has 5 heteroatoms. The van der Waals surface area contributed by atoms with Crippen molar-refractivity contribution < 1.29 is 23.8 Å². The first-order valence-electron chi connectivity index (χ1n) is 10.0. The summed E-state index contributed by atoms with van der Waals surface area (Å²) in [5, 5.41) is 0. The molecule has 0 N–H and O–H groups in total. The van der Waals surface area contributed by atoms with Crippen molar-refractivity contribution in [3.63, 3.8) is 0 Å². The molecule has 0 heterocycles. The molecule has 0 spiro atoms. The molecule has 1 saturated carbocycles. The molecular weight excluding hydrogens is 344 g/mol. The fraction of sp³-hybridized carbons (Fsp3) is 0.727. The second kappa shape index (κ2) is 16.5. The van der Waals surface area contributed by atoms with E-state index in [2.05, 4.69) is 27.0 Å². The van der Waals surface area contributed by atoms with E-state index in [1.54, 1.807) is 6.08 Å². The molecule has 1 rings (SSSR count). The number of ether oxygens (including phenoxy) is 3. The van der Waals surface area contributed by atoms with Crippen LogP contribution in [0.4, 0.5) is 0 Å². The molecule has 1 aliphatic carbocycles. The van der Waals surface area contributed by atoms with Gasteiger partial charge in [-0.3, -0.25) is 4.79 Å². The third kappa shape index (κ3) is 14.1. The standard InChI is InChI=1S/C12H20O2.C10H18O3/c1-3-9-14-12(13)10(2)11-7-5-4-6-8-11;1-4-6-13-10(11)8-12-7-5-9(2)3/h3,10-11H,1,4-9H2,2H3;4,9H,1,5-8H2,2-3H3. The average molecular weight is 383 g/mol. The van der Waals surface area contributed by atoms with Gasteiger partial charge in [-0.05, 0) is 31.1 Å². The largest absolute Gasteiger partial charge is 0.461 e. The van der Waals surface area contributed by atoms with Crippen LogP contribution >= 0.6 is 0 Å². The zero-order valence-corrected chi connectivity index (χ0v) is 17.4. The Morgan fingerprint density at radius 1 is 1.00 bits per heavy atom.